The molecule has 1 aromatic heterocycles. The van der Waals surface area contributed by atoms with E-state index in [-0.39, 0.29) is 0 Å². The van der Waals surface area contributed by atoms with Crippen LogP contribution in [0.15, 0.2) is 12.1 Å². The van der Waals surface area contributed by atoms with Crippen molar-refractivity contribution in [1.82, 2.24) is 5.32 Å². The monoisotopic (exact) mass is 265 g/mol. The Balaban J connectivity index is 2.07. The minimum atomic E-state index is 0.604. The van der Waals surface area contributed by atoms with Crippen molar-refractivity contribution in [1.29, 1.82) is 0 Å². The van der Waals surface area contributed by atoms with Crippen molar-refractivity contribution in [3.05, 3.63) is 21.9 Å². The topological polar surface area (TPSA) is 12.0 Å². The first-order valence-corrected chi connectivity index (χ1v) is 8.38. The predicted molar refractivity (Wildman–Crippen MR) is 81.2 cm³/mol. The van der Waals surface area contributed by atoms with Crippen LogP contribution in [0, 0.1) is 11.8 Å². The van der Waals surface area contributed by atoms with Crippen LogP contribution in [0.3, 0.4) is 0 Å². The van der Waals surface area contributed by atoms with Crippen molar-refractivity contribution in [3.63, 3.8) is 0 Å². The molecule has 1 N–H and O–H groups in total. The minimum Gasteiger partial charge on any atom is -0.309 e. The van der Waals surface area contributed by atoms with E-state index in [1.54, 1.807) is 4.88 Å². The second kappa shape index (κ2) is 6.72. The van der Waals surface area contributed by atoms with Crippen LogP contribution in [0.5, 0.6) is 0 Å². The lowest BCUT2D eigenvalue weighted by atomic mass is 9.79. The lowest BCUT2D eigenvalue weighted by Gasteiger charge is -2.32. The third kappa shape index (κ3) is 3.36. The molecule has 0 aliphatic heterocycles. The van der Waals surface area contributed by atoms with Crippen molar-refractivity contribution in [3.8, 4) is 0 Å². The number of thiophene rings is 1. The van der Waals surface area contributed by atoms with Crippen molar-refractivity contribution in [2.75, 3.05) is 6.54 Å². The van der Waals surface area contributed by atoms with Crippen LogP contribution < -0.4 is 5.32 Å². The maximum atomic E-state index is 3.73. The summed E-state index contributed by atoms with van der Waals surface area (Å²) in [6.07, 6.45) is 6.80. The van der Waals surface area contributed by atoms with E-state index in [1.807, 2.05) is 11.3 Å². The van der Waals surface area contributed by atoms with Crippen LogP contribution in [-0.4, -0.2) is 6.54 Å². The van der Waals surface area contributed by atoms with Gasteiger partial charge in [0.1, 0.15) is 0 Å². The van der Waals surface area contributed by atoms with Crippen molar-refractivity contribution < 1.29 is 0 Å². The number of hydrogen-bond acceptors (Lipinski definition) is 2. The SMILES string of the molecule is CCNC(c1ccc(CC)s1)C1CCC(C)CC1. The van der Waals surface area contributed by atoms with Gasteiger partial charge in [-0.1, -0.05) is 33.6 Å². The molecule has 1 aromatic rings. The van der Waals surface area contributed by atoms with Gasteiger partial charge in [0.25, 0.3) is 0 Å². The summed E-state index contributed by atoms with van der Waals surface area (Å²) in [6.45, 7) is 7.96. The number of rotatable bonds is 5. The van der Waals surface area contributed by atoms with E-state index >= 15 is 0 Å². The molecule has 0 aromatic carbocycles. The Morgan fingerprint density at radius 3 is 2.50 bits per heavy atom. The highest BCUT2D eigenvalue weighted by atomic mass is 32.1. The van der Waals surface area contributed by atoms with Crippen molar-refractivity contribution in [2.45, 2.75) is 58.9 Å². The smallest absolute Gasteiger partial charge is 0.0443 e. The number of nitrogens with one attached hydrogen (secondary N) is 1. The molecule has 1 fully saturated rings. The Kier molecular flexibility index (Phi) is 5.25. The summed E-state index contributed by atoms with van der Waals surface area (Å²) in [5.41, 5.74) is 0. The molecule has 1 aliphatic carbocycles. The van der Waals surface area contributed by atoms with Gasteiger partial charge >= 0.3 is 0 Å². The normalized spacial score (nSPS) is 26.2. The van der Waals surface area contributed by atoms with E-state index in [9.17, 15) is 0 Å². The third-order valence-electron chi connectivity index (χ3n) is 4.29. The van der Waals surface area contributed by atoms with Crippen molar-refractivity contribution in [2.24, 2.45) is 11.8 Å². The highest BCUT2D eigenvalue weighted by Gasteiger charge is 2.27. The standard InChI is InChI=1S/C16H27NS/c1-4-14-10-11-15(18-14)16(17-5-2)13-8-6-12(3)7-9-13/h10-13,16-17H,4-9H2,1-3H3. The molecular formula is C16H27NS. The third-order valence-corrected chi connectivity index (χ3v) is 5.61. The van der Waals surface area contributed by atoms with E-state index in [0.29, 0.717) is 6.04 Å². The Morgan fingerprint density at radius 2 is 1.94 bits per heavy atom. The summed E-state index contributed by atoms with van der Waals surface area (Å²) in [7, 11) is 0. The van der Waals surface area contributed by atoms with Crippen LogP contribution in [0.4, 0.5) is 0 Å². The quantitative estimate of drug-likeness (QED) is 0.807. The number of aryl methyl sites for hydroxylation is 1. The lowest BCUT2D eigenvalue weighted by Crippen LogP contribution is -2.30. The van der Waals surface area contributed by atoms with Gasteiger partial charge in [0.15, 0.2) is 0 Å². The fraction of sp³-hybridized carbons (Fsp3) is 0.750. The van der Waals surface area contributed by atoms with Gasteiger partial charge in [-0.3, -0.25) is 0 Å². The fourth-order valence-electron chi connectivity index (χ4n) is 3.09. The zero-order valence-electron chi connectivity index (χ0n) is 12.0. The maximum Gasteiger partial charge on any atom is 0.0443 e. The molecule has 1 aliphatic rings. The average Bonchev–Trinajstić information content (AvgIpc) is 2.86. The summed E-state index contributed by atoms with van der Waals surface area (Å²) in [5.74, 6) is 1.79. The molecule has 102 valence electrons. The van der Waals surface area contributed by atoms with Gasteiger partial charge < -0.3 is 5.32 Å². The van der Waals surface area contributed by atoms with E-state index in [1.165, 1.54) is 37.0 Å². The lowest BCUT2D eigenvalue weighted by molar-refractivity contribution is 0.235. The van der Waals surface area contributed by atoms with E-state index in [0.717, 1.165) is 18.4 Å². The molecule has 0 bridgehead atoms. The molecule has 1 atom stereocenters. The zero-order valence-corrected chi connectivity index (χ0v) is 12.9. The molecule has 18 heavy (non-hydrogen) atoms. The molecule has 0 amide bonds. The Bertz CT molecular complexity index is 350. The molecule has 2 rings (SSSR count). The van der Waals surface area contributed by atoms with Crippen LogP contribution >= 0.6 is 11.3 Å². The van der Waals surface area contributed by atoms with E-state index in [2.05, 4.69) is 38.2 Å². The summed E-state index contributed by atoms with van der Waals surface area (Å²) in [4.78, 5) is 3.09. The zero-order chi connectivity index (χ0) is 13.0. The maximum absolute atomic E-state index is 3.73. The average molecular weight is 265 g/mol. The van der Waals surface area contributed by atoms with Crippen LogP contribution in [0.2, 0.25) is 0 Å². The minimum absolute atomic E-state index is 0.604. The summed E-state index contributed by atoms with van der Waals surface area (Å²) >= 11 is 2.01. The van der Waals surface area contributed by atoms with E-state index < -0.39 is 0 Å². The van der Waals surface area contributed by atoms with Gasteiger partial charge in [-0.2, -0.15) is 0 Å². The largest absolute Gasteiger partial charge is 0.309 e. The van der Waals surface area contributed by atoms with Crippen molar-refractivity contribution >= 4 is 11.3 Å². The van der Waals surface area contributed by atoms with Crippen LogP contribution in [-0.2, 0) is 6.42 Å². The highest BCUT2D eigenvalue weighted by molar-refractivity contribution is 7.12. The highest BCUT2D eigenvalue weighted by Crippen LogP contribution is 2.38. The first kappa shape index (κ1) is 14.1. The van der Waals surface area contributed by atoms with Gasteiger partial charge in [0.2, 0.25) is 0 Å². The van der Waals surface area contributed by atoms with Gasteiger partial charge in [0, 0.05) is 15.8 Å². The van der Waals surface area contributed by atoms with Gasteiger partial charge in [-0.05, 0) is 49.8 Å². The van der Waals surface area contributed by atoms with E-state index in [4.69, 9.17) is 0 Å². The molecule has 2 heteroatoms. The fourth-order valence-corrected chi connectivity index (χ4v) is 4.21. The molecule has 1 heterocycles. The van der Waals surface area contributed by atoms with Crippen LogP contribution in [0.25, 0.3) is 0 Å². The summed E-state index contributed by atoms with van der Waals surface area (Å²) < 4.78 is 0. The summed E-state index contributed by atoms with van der Waals surface area (Å²) in [6, 6.07) is 5.28. The Morgan fingerprint density at radius 1 is 1.22 bits per heavy atom. The molecule has 1 saturated carbocycles. The molecule has 0 radical (unpaired) electrons. The van der Waals surface area contributed by atoms with Gasteiger partial charge in [0.05, 0.1) is 0 Å². The number of hydrogen-bond donors (Lipinski definition) is 1. The second-order valence-corrected chi connectivity index (χ2v) is 6.91. The molecular weight excluding hydrogens is 238 g/mol. The second-order valence-electron chi connectivity index (χ2n) is 5.71. The van der Waals surface area contributed by atoms with Crippen LogP contribution in [0.1, 0.15) is 62.3 Å². The molecule has 0 saturated heterocycles. The Labute approximate surface area is 116 Å². The molecule has 1 nitrogen and oxygen atoms in total. The first-order valence-electron chi connectivity index (χ1n) is 7.56. The predicted octanol–water partition coefficient (Wildman–Crippen LogP) is 4.79. The molecule has 1 unspecified atom stereocenters. The molecule has 0 spiro atoms. The van der Waals surface area contributed by atoms with Gasteiger partial charge in [-0.25, -0.2) is 0 Å². The first-order chi connectivity index (χ1) is 8.74. The van der Waals surface area contributed by atoms with Gasteiger partial charge in [-0.15, -0.1) is 11.3 Å². The summed E-state index contributed by atoms with van der Waals surface area (Å²) in [5, 5.41) is 3.73. The Hall–Kier alpha value is -0.340.